The number of nitrogens with two attached hydrogens (primary N) is 1. The second-order valence-corrected chi connectivity index (χ2v) is 13.5. The monoisotopic (exact) mass is 583 g/mol. The summed E-state index contributed by atoms with van der Waals surface area (Å²) in [6.45, 7) is 7.04. The highest BCUT2D eigenvalue weighted by atomic mass is 16.4. The van der Waals surface area contributed by atoms with Crippen molar-refractivity contribution in [2.45, 2.75) is 160 Å². The molecule has 8 heteroatoms. The van der Waals surface area contributed by atoms with Crippen LogP contribution in [0.15, 0.2) is 0 Å². The normalized spacial score (nSPS) is 28.9. The van der Waals surface area contributed by atoms with Crippen molar-refractivity contribution in [1.82, 2.24) is 10.6 Å². The number of unbranched alkanes of at least 4 members (excludes halogenated alkanes) is 7. The molecule has 0 aromatic rings. The molecule has 41 heavy (non-hydrogen) atoms. The number of aliphatic hydroxyl groups is 3. The zero-order chi connectivity index (χ0) is 30.1. The van der Waals surface area contributed by atoms with Gasteiger partial charge in [0.2, 0.25) is 0 Å². The lowest BCUT2D eigenvalue weighted by atomic mass is 9.81. The van der Waals surface area contributed by atoms with Gasteiger partial charge in [0.1, 0.15) is 0 Å². The van der Waals surface area contributed by atoms with Crippen LogP contribution in [0.25, 0.3) is 0 Å². The zero-order valence-corrected chi connectivity index (χ0v) is 26.4. The molecule has 2 rings (SSSR count). The molecule has 0 spiro atoms. The number of piperidine rings is 1. The third-order valence-electron chi connectivity index (χ3n) is 9.92. The van der Waals surface area contributed by atoms with E-state index >= 15 is 0 Å². The second kappa shape index (κ2) is 20.2. The number of aliphatic hydroxyl groups excluding tert-OH is 2. The predicted octanol–water partition coefficient (Wildman–Crippen LogP) is 4.93. The highest BCUT2D eigenvalue weighted by Gasteiger charge is 2.44. The Morgan fingerprint density at radius 3 is 2.20 bits per heavy atom. The van der Waals surface area contributed by atoms with Crippen LogP contribution in [0, 0.1) is 23.7 Å². The zero-order valence-electron chi connectivity index (χ0n) is 26.4. The lowest BCUT2D eigenvalue weighted by Gasteiger charge is -2.31. The maximum atomic E-state index is 12.0. The van der Waals surface area contributed by atoms with E-state index in [1.54, 1.807) is 0 Å². The maximum absolute atomic E-state index is 12.0. The molecule has 2 fully saturated rings. The van der Waals surface area contributed by atoms with E-state index in [9.17, 15) is 25.2 Å². The van der Waals surface area contributed by atoms with Crippen LogP contribution in [0.1, 0.15) is 136 Å². The average molecular weight is 584 g/mol. The van der Waals surface area contributed by atoms with E-state index < -0.39 is 23.6 Å². The minimum Gasteiger partial charge on any atom is -0.481 e. The maximum Gasteiger partial charge on any atom is 0.309 e. The fourth-order valence-electron chi connectivity index (χ4n) is 7.44. The van der Waals surface area contributed by atoms with Crippen molar-refractivity contribution in [3.05, 3.63) is 0 Å². The molecular weight excluding hydrogens is 518 g/mol. The first-order valence-electron chi connectivity index (χ1n) is 17.2. The Balaban J connectivity index is 1.72. The number of carbonyl (C=O) groups is 1. The predicted molar refractivity (Wildman–Crippen MR) is 166 cm³/mol. The molecule has 8 N–H and O–H groups in total. The largest absolute Gasteiger partial charge is 0.481 e. The third kappa shape index (κ3) is 14.5. The summed E-state index contributed by atoms with van der Waals surface area (Å²) in [6, 6.07) is 0. The van der Waals surface area contributed by atoms with Gasteiger partial charge in [-0.25, -0.2) is 0 Å². The van der Waals surface area contributed by atoms with E-state index in [0.29, 0.717) is 43.4 Å². The van der Waals surface area contributed by atoms with Crippen LogP contribution in [0.2, 0.25) is 0 Å². The molecule has 8 atom stereocenters. The quantitative estimate of drug-likeness (QED) is 0.0838. The van der Waals surface area contributed by atoms with E-state index in [0.717, 1.165) is 90.3 Å². The highest BCUT2D eigenvalue weighted by Crippen LogP contribution is 2.46. The molecule has 1 saturated carbocycles. The van der Waals surface area contributed by atoms with E-state index in [1.165, 1.54) is 25.7 Å². The van der Waals surface area contributed by atoms with Crippen molar-refractivity contribution < 1.29 is 25.2 Å². The van der Waals surface area contributed by atoms with Gasteiger partial charge in [0.25, 0.3) is 0 Å². The summed E-state index contributed by atoms with van der Waals surface area (Å²) in [7, 11) is 0. The first-order chi connectivity index (χ1) is 19.7. The van der Waals surface area contributed by atoms with Gasteiger partial charge < -0.3 is 36.8 Å². The van der Waals surface area contributed by atoms with E-state index in [4.69, 9.17) is 5.73 Å². The molecule has 1 aliphatic heterocycles. The van der Waals surface area contributed by atoms with Gasteiger partial charge in [0, 0.05) is 0 Å². The van der Waals surface area contributed by atoms with E-state index in [1.807, 2.05) is 0 Å². The summed E-state index contributed by atoms with van der Waals surface area (Å²) in [5.41, 5.74) is 5.29. The Labute approximate surface area is 250 Å². The van der Waals surface area contributed by atoms with Crippen LogP contribution >= 0.6 is 0 Å². The Bertz CT molecular complexity index is 698. The molecule has 0 aromatic heterocycles. The van der Waals surface area contributed by atoms with Crippen LogP contribution in [0.5, 0.6) is 0 Å². The van der Waals surface area contributed by atoms with Gasteiger partial charge in [-0.1, -0.05) is 71.6 Å². The topological polar surface area (TPSA) is 148 Å². The van der Waals surface area contributed by atoms with Crippen molar-refractivity contribution in [3.63, 3.8) is 0 Å². The van der Waals surface area contributed by atoms with Gasteiger partial charge in [0.05, 0.1) is 29.9 Å². The third-order valence-corrected chi connectivity index (χ3v) is 9.92. The Morgan fingerprint density at radius 2 is 1.59 bits per heavy atom. The van der Waals surface area contributed by atoms with Gasteiger partial charge in [-0.15, -0.1) is 0 Å². The molecule has 1 heterocycles. The van der Waals surface area contributed by atoms with Gasteiger partial charge in [-0.3, -0.25) is 4.79 Å². The molecule has 0 bridgehead atoms. The average Bonchev–Trinajstić information content (AvgIpc) is 3.24. The van der Waals surface area contributed by atoms with Crippen LogP contribution in [0.3, 0.4) is 0 Å². The molecule has 8 nitrogen and oxygen atoms in total. The van der Waals surface area contributed by atoms with Crippen molar-refractivity contribution in [2.24, 2.45) is 29.4 Å². The van der Waals surface area contributed by atoms with Gasteiger partial charge in [-0.05, 0) is 102 Å². The molecule has 2 aliphatic rings. The van der Waals surface area contributed by atoms with Crippen molar-refractivity contribution >= 4 is 5.97 Å². The van der Waals surface area contributed by atoms with Gasteiger partial charge in [0.15, 0.2) is 0 Å². The number of nitrogens with one attached hydrogen (secondary N) is 2. The Kier molecular flexibility index (Phi) is 18.0. The van der Waals surface area contributed by atoms with E-state index in [2.05, 4.69) is 24.5 Å². The lowest BCUT2D eigenvalue weighted by molar-refractivity contribution is -0.146. The van der Waals surface area contributed by atoms with Crippen molar-refractivity contribution in [2.75, 3.05) is 19.6 Å². The summed E-state index contributed by atoms with van der Waals surface area (Å²) in [4.78, 5) is 12.0. The standard InChI is InChI=1S/C33H65N3O5/c1-3-5-6-7-10-13-28(37)14-11-8-9-12-15-29(32(39)40)30(38)16-18-33(41)22-26(27(23-33)24-35-4-2)20-25-17-19-36-31(34)21-25/h25-31,35-38,41H,3-24,34H2,1-2H3,(H,39,40). The molecule has 1 saturated heterocycles. The first kappa shape index (κ1) is 36.4. The SMILES string of the molecule is CCCCCCCC(O)CCCCCCC(C(=O)O)C(O)CCC1(O)CC(CNCC)C(CC2CCNC(N)C2)C1. The second-order valence-electron chi connectivity index (χ2n) is 13.5. The number of carboxylic acid groups (broad SMARTS) is 1. The Morgan fingerprint density at radius 1 is 0.951 bits per heavy atom. The summed E-state index contributed by atoms with van der Waals surface area (Å²) in [5, 5.41) is 49.2. The van der Waals surface area contributed by atoms with Gasteiger partial charge >= 0.3 is 5.97 Å². The summed E-state index contributed by atoms with van der Waals surface area (Å²) < 4.78 is 0. The first-order valence-corrected chi connectivity index (χ1v) is 17.2. The molecule has 0 aromatic carbocycles. The number of hydrogen-bond donors (Lipinski definition) is 7. The summed E-state index contributed by atoms with van der Waals surface area (Å²) >= 11 is 0. The van der Waals surface area contributed by atoms with Crippen molar-refractivity contribution in [3.8, 4) is 0 Å². The fraction of sp³-hybridized carbons (Fsp3) is 0.970. The van der Waals surface area contributed by atoms with Gasteiger partial charge in [-0.2, -0.15) is 0 Å². The number of carboxylic acids is 1. The van der Waals surface area contributed by atoms with Crippen LogP contribution in [-0.4, -0.2) is 70.0 Å². The molecule has 242 valence electrons. The number of aliphatic carboxylic acids is 1. The molecule has 1 aliphatic carbocycles. The smallest absolute Gasteiger partial charge is 0.309 e. The minimum absolute atomic E-state index is 0.0565. The number of hydrogen-bond acceptors (Lipinski definition) is 7. The highest BCUT2D eigenvalue weighted by molar-refractivity contribution is 5.70. The molecular formula is C33H65N3O5. The summed E-state index contributed by atoms with van der Waals surface area (Å²) in [6.07, 6.45) is 16.1. The van der Waals surface area contributed by atoms with Crippen LogP contribution < -0.4 is 16.4 Å². The lowest BCUT2D eigenvalue weighted by Crippen LogP contribution is -2.44. The molecule has 0 amide bonds. The van der Waals surface area contributed by atoms with Crippen LogP contribution in [0.4, 0.5) is 0 Å². The van der Waals surface area contributed by atoms with Crippen LogP contribution in [-0.2, 0) is 4.79 Å². The van der Waals surface area contributed by atoms with E-state index in [-0.39, 0.29) is 12.3 Å². The Hall–Kier alpha value is -0.770. The summed E-state index contributed by atoms with van der Waals surface area (Å²) in [5.74, 6) is -0.360. The minimum atomic E-state index is -0.945. The molecule has 8 unspecified atom stereocenters. The van der Waals surface area contributed by atoms with Crippen molar-refractivity contribution in [1.29, 1.82) is 0 Å². The number of rotatable bonds is 23. The molecule has 0 radical (unpaired) electrons. The fourth-order valence-corrected chi connectivity index (χ4v) is 7.44.